The fourth-order valence-corrected chi connectivity index (χ4v) is 1.53. The number of nitrogen functional groups attached to an aromatic ring is 1. The zero-order valence-corrected chi connectivity index (χ0v) is 8.36. The number of rotatable bonds is 2. The van der Waals surface area contributed by atoms with Crippen LogP contribution in [0.2, 0.25) is 0 Å². The molecule has 0 aliphatic carbocycles. The fourth-order valence-electron chi connectivity index (χ4n) is 1.53. The normalized spacial score (nSPS) is 11.0. The molecule has 0 atom stereocenters. The number of hydrogen-bond acceptors (Lipinski definition) is 4. The summed E-state index contributed by atoms with van der Waals surface area (Å²) in [5.74, 6) is 0.428. The van der Waals surface area contributed by atoms with Crippen LogP contribution in [0.3, 0.4) is 0 Å². The van der Waals surface area contributed by atoms with Crippen molar-refractivity contribution < 1.29 is 0 Å². The van der Waals surface area contributed by atoms with Crippen LogP contribution in [-0.4, -0.2) is 19.6 Å². The third kappa shape index (κ3) is 1.21. The summed E-state index contributed by atoms with van der Waals surface area (Å²) < 4.78 is 1.83. The van der Waals surface area contributed by atoms with Crippen LogP contribution in [0.4, 0.5) is 5.95 Å². The molecule has 2 aromatic heterocycles. The highest BCUT2D eigenvalue weighted by Gasteiger charge is 2.09. The minimum absolute atomic E-state index is 0.428. The Labute approximate surface area is 82.0 Å². The monoisotopic (exact) mass is 191 g/mol. The first kappa shape index (κ1) is 8.93. The van der Waals surface area contributed by atoms with E-state index < -0.39 is 0 Å². The highest BCUT2D eigenvalue weighted by molar-refractivity contribution is 5.48. The number of nitrogens with zero attached hydrogens (tertiary/aromatic N) is 4. The SMILES string of the molecule is CCCc1ncc(C)n2c(N)nnc12. The second kappa shape index (κ2) is 3.25. The molecule has 2 N–H and O–H groups in total. The van der Waals surface area contributed by atoms with E-state index in [-0.39, 0.29) is 0 Å². The molecule has 2 heterocycles. The smallest absolute Gasteiger partial charge is 0.226 e. The van der Waals surface area contributed by atoms with E-state index in [0.29, 0.717) is 5.95 Å². The topological polar surface area (TPSA) is 69.1 Å². The Morgan fingerprint density at radius 3 is 2.93 bits per heavy atom. The van der Waals surface area contributed by atoms with E-state index in [9.17, 15) is 0 Å². The molecular weight excluding hydrogens is 178 g/mol. The minimum atomic E-state index is 0.428. The Morgan fingerprint density at radius 2 is 2.21 bits per heavy atom. The molecule has 0 unspecified atom stereocenters. The first-order valence-corrected chi connectivity index (χ1v) is 4.69. The Hall–Kier alpha value is -1.65. The average Bonchev–Trinajstić information content (AvgIpc) is 2.54. The van der Waals surface area contributed by atoms with Crippen molar-refractivity contribution in [3.05, 3.63) is 17.6 Å². The summed E-state index contributed by atoms with van der Waals surface area (Å²) in [6.45, 7) is 4.05. The number of anilines is 1. The van der Waals surface area contributed by atoms with Crippen LogP contribution in [0.1, 0.15) is 24.7 Å². The predicted octanol–water partition coefficient (Wildman–Crippen LogP) is 0.967. The maximum Gasteiger partial charge on any atom is 0.226 e. The maximum absolute atomic E-state index is 5.70. The fraction of sp³-hybridized carbons (Fsp3) is 0.444. The van der Waals surface area contributed by atoms with Gasteiger partial charge in [0.25, 0.3) is 0 Å². The Bertz CT molecular complexity index is 459. The Morgan fingerprint density at radius 1 is 1.43 bits per heavy atom. The first-order chi connectivity index (χ1) is 6.74. The lowest BCUT2D eigenvalue weighted by Crippen LogP contribution is -2.02. The molecule has 0 aromatic carbocycles. The molecule has 0 radical (unpaired) electrons. The molecule has 0 aliphatic rings. The van der Waals surface area contributed by atoms with Gasteiger partial charge in [-0.1, -0.05) is 13.3 Å². The molecule has 0 saturated carbocycles. The van der Waals surface area contributed by atoms with Crippen LogP contribution in [0, 0.1) is 6.92 Å². The third-order valence-corrected chi connectivity index (χ3v) is 2.19. The zero-order valence-electron chi connectivity index (χ0n) is 8.36. The Kier molecular flexibility index (Phi) is 2.07. The number of nitrogens with two attached hydrogens (primary N) is 1. The van der Waals surface area contributed by atoms with E-state index in [1.54, 1.807) is 6.20 Å². The summed E-state index contributed by atoms with van der Waals surface area (Å²) in [5.41, 5.74) is 8.41. The van der Waals surface area contributed by atoms with Gasteiger partial charge in [0, 0.05) is 11.9 Å². The second-order valence-corrected chi connectivity index (χ2v) is 3.31. The number of fused-ring (bicyclic) bond motifs is 1. The van der Waals surface area contributed by atoms with Gasteiger partial charge < -0.3 is 5.73 Å². The van der Waals surface area contributed by atoms with E-state index in [2.05, 4.69) is 22.1 Å². The molecule has 5 nitrogen and oxygen atoms in total. The van der Waals surface area contributed by atoms with Crippen molar-refractivity contribution >= 4 is 11.6 Å². The highest BCUT2D eigenvalue weighted by Crippen LogP contribution is 2.13. The minimum Gasteiger partial charge on any atom is -0.368 e. The van der Waals surface area contributed by atoms with E-state index >= 15 is 0 Å². The van der Waals surface area contributed by atoms with Crippen LogP contribution >= 0.6 is 0 Å². The number of aromatic nitrogens is 4. The van der Waals surface area contributed by atoms with Crippen LogP contribution in [0.15, 0.2) is 6.20 Å². The second-order valence-electron chi connectivity index (χ2n) is 3.31. The van der Waals surface area contributed by atoms with E-state index in [4.69, 9.17) is 5.73 Å². The van der Waals surface area contributed by atoms with E-state index in [1.165, 1.54) is 0 Å². The lowest BCUT2D eigenvalue weighted by molar-refractivity contribution is 0.866. The summed E-state index contributed by atoms with van der Waals surface area (Å²) >= 11 is 0. The van der Waals surface area contributed by atoms with Crippen LogP contribution in [0.25, 0.3) is 5.65 Å². The quantitative estimate of drug-likeness (QED) is 0.767. The predicted molar refractivity (Wildman–Crippen MR) is 53.9 cm³/mol. The van der Waals surface area contributed by atoms with Gasteiger partial charge in [0.2, 0.25) is 5.95 Å². The first-order valence-electron chi connectivity index (χ1n) is 4.69. The van der Waals surface area contributed by atoms with Crippen molar-refractivity contribution in [1.82, 2.24) is 19.6 Å². The molecule has 14 heavy (non-hydrogen) atoms. The summed E-state index contributed by atoms with van der Waals surface area (Å²) in [4.78, 5) is 4.33. The molecule has 2 aromatic rings. The molecule has 5 heteroatoms. The largest absolute Gasteiger partial charge is 0.368 e. The summed E-state index contributed by atoms with van der Waals surface area (Å²) in [6.07, 6.45) is 3.75. The molecule has 0 fully saturated rings. The van der Waals surface area contributed by atoms with Gasteiger partial charge >= 0.3 is 0 Å². The summed E-state index contributed by atoms with van der Waals surface area (Å²) in [5, 5.41) is 7.87. The van der Waals surface area contributed by atoms with Crippen LogP contribution in [-0.2, 0) is 6.42 Å². The molecule has 74 valence electrons. The van der Waals surface area contributed by atoms with Crippen LogP contribution in [0.5, 0.6) is 0 Å². The van der Waals surface area contributed by atoms with Crippen molar-refractivity contribution in [3.63, 3.8) is 0 Å². The highest BCUT2D eigenvalue weighted by atomic mass is 15.3. The maximum atomic E-state index is 5.70. The number of aryl methyl sites for hydroxylation is 2. The van der Waals surface area contributed by atoms with Crippen molar-refractivity contribution in [2.75, 3.05) is 5.73 Å². The standard InChI is InChI=1S/C9H13N5/c1-3-4-7-8-12-13-9(10)14(8)6(2)5-11-7/h5H,3-4H2,1-2H3,(H2,10,13). The summed E-state index contributed by atoms with van der Waals surface area (Å²) in [6, 6.07) is 0. The molecule has 0 bridgehead atoms. The number of hydrogen-bond donors (Lipinski definition) is 1. The lowest BCUT2D eigenvalue weighted by atomic mass is 10.2. The summed E-state index contributed by atoms with van der Waals surface area (Å²) in [7, 11) is 0. The van der Waals surface area contributed by atoms with Crippen molar-refractivity contribution in [1.29, 1.82) is 0 Å². The van der Waals surface area contributed by atoms with Gasteiger partial charge in [-0.2, -0.15) is 0 Å². The van der Waals surface area contributed by atoms with Crippen molar-refractivity contribution in [3.8, 4) is 0 Å². The van der Waals surface area contributed by atoms with Gasteiger partial charge in [0.15, 0.2) is 5.65 Å². The zero-order chi connectivity index (χ0) is 10.1. The molecular formula is C9H13N5. The molecule has 2 rings (SSSR count). The van der Waals surface area contributed by atoms with Crippen LogP contribution < -0.4 is 5.73 Å². The lowest BCUT2D eigenvalue weighted by Gasteiger charge is -2.03. The molecule has 0 aliphatic heterocycles. The van der Waals surface area contributed by atoms with Gasteiger partial charge in [0.1, 0.15) is 0 Å². The Balaban J connectivity index is 2.70. The van der Waals surface area contributed by atoms with E-state index in [0.717, 1.165) is 29.9 Å². The van der Waals surface area contributed by atoms with Gasteiger partial charge in [-0.25, -0.2) is 0 Å². The van der Waals surface area contributed by atoms with E-state index in [1.807, 2.05) is 11.3 Å². The average molecular weight is 191 g/mol. The molecule has 0 spiro atoms. The van der Waals surface area contributed by atoms with Gasteiger partial charge in [0.05, 0.1) is 5.69 Å². The third-order valence-electron chi connectivity index (χ3n) is 2.19. The van der Waals surface area contributed by atoms with Crippen molar-refractivity contribution in [2.45, 2.75) is 26.7 Å². The van der Waals surface area contributed by atoms with Gasteiger partial charge in [-0.05, 0) is 13.3 Å². The van der Waals surface area contributed by atoms with Gasteiger partial charge in [-0.3, -0.25) is 9.38 Å². The molecule has 0 saturated heterocycles. The van der Waals surface area contributed by atoms with Crippen molar-refractivity contribution in [2.24, 2.45) is 0 Å². The molecule has 0 amide bonds. The van der Waals surface area contributed by atoms with Gasteiger partial charge in [-0.15, -0.1) is 10.2 Å².